The second-order valence-electron chi connectivity index (χ2n) is 4.93. The topological polar surface area (TPSA) is 44.4 Å². The van der Waals surface area contributed by atoms with E-state index in [1.165, 1.54) is 19.3 Å². The van der Waals surface area contributed by atoms with Crippen LogP contribution in [0, 0.1) is 0 Å². The first-order valence-electron chi connectivity index (χ1n) is 6.25. The summed E-state index contributed by atoms with van der Waals surface area (Å²) in [6.07, 6.45) is 4.74. The highest BCUT2D eigenvalue weighted by atomic mass is 16.1. The van der Waals surface area contributed by atoms with Gasteiger partial charge >= 0.3 is 0 Å². The van der Waals surface area contributed by atoms with Gasteiger partial charge in [0.15, 0.2) is 0 Å². The van der Waals surface area contributed by atoms with E-state index in [0.717, 1.165) is 19.5 Å². The van der Waals surface area contributed by atoms with Gasteiger partial charge in [0.2, 0.25) is 5.91 Å². The Morgan fingerprint density at radius 1 is 1.38 bits per heavy atom. The molecular formula is C12H25N3O. The molecular weight excluding hydrogens is 202 g/mol. The van der Waals surface area contributed by atoms with Crippen molar-refractivity contribution in [2.24, 2.45) is 0 Å². The number of hydrogen-bond donors (Lipinski definition) is 2. The van der Waals surface area contributed by atoms with Gasteiger partial charge in [-0.3, -0.25) is 4.79 Å². The summed E-state index contributed by atoms with van der Waals surface area (Å²) in [7, 11) is 4.20. The molecule has 0 unspecified atom stereocenters. The highest BCUT2D eigenvalue weighted by Gasteiger charge is 2.38. The SMILES string of the molecule is CCCNCC(=O)NCC1(N(C)C)CCC1. The lowest BCUT2D eigenvalue weighted by molar-refractivity contribution is -0.121. The minimum atomic E-state index is 0.113. The first kappa shape index (κ1) is 13.5. The zero-order valence-electron chi connectivity index (χ0n) is 10.8. The van der Waals surface area contributed by atoms with Crippen molar-refractivity contribution < 1.29 is 4.79 Å². The number of nitrogens with one attached hydrogen (secondary N) is 2. The van der Waals surface area contributed by atoms with Gasteiger partial charge in [0.1, 0.15) is 0 Å². The molecule has 1 amide bonds. The van der Waals surface area contributed by atoms with Gasteiger partial charge in [-0.15, -0.1) is 0 Å². The fourth-order valence-corrected chi connectivity index (χ4v) is 2.07. The Hall–Kier alpha value is -0.610. The first-order valence-corrected chi connectivity index (χ1v) is 6.25. The number of rotatable bonds is 7. The van der Waals surface area contributed by atoms with Crippen molar-refractivity contribution in [2.45, 2.75) is 38.1 Å². The third kappa shape index (κ3) is 3.46. The molecule has 0 aromatic carbocycles. The van der Waals surface area contributed by atoms with Gasteiger partial charge in [-0.25, -0.2) is 0 Å². The van der Waals surface area contributed by atoms with Crippen molar-refractivity contribution in [3.05, 3.63) is 0 Å². The van der Waals surface area contributed by atoms with Crippen LogP contribution in [0.1, 0.15) is 32.6 Å². The average Bonchev–Trinajstić information content (AvgIpc) is 2.16. The van der Waals surface area contributed by atoms with Crippen LogP contribution in [-0.2, 0) is 4.79 Å². The Kier molecular flexibility index (Phi) is 5.22. The molecule has 0 atom stereocenters. The maximum atomic E-state index is 11.5. The Balaban J connectivity index is 2.20. The van der Waals surface area contributed by atoms with E-state index in [-0.39, 0.29) is 11.4 Å². The van der Waals surface area contributed by atoms with E-state index >= 15 is 0 Å². The molecule has 0 aromatic rings. The molecule has 1 aliphatic carbocycles. The zero-order chi connectivity index (χ0) is 12.0. The molecule has 0 heterocycles. The van der Waals surface area contributed by atoms with E-state index in [9.17, 15) is 4.79 Å². The lowest BCUT2D eigenvalue weighted by Crippen LogP contribution is -2.57. The highest BCUT2D eigenvalue weighted by Crippen LogP contribution is 2.35. The third-order valence-corrected chi connectivity index (χ3v) is 3.56. The molecule has 2 N–H and O–H groups in total. The summed E-state index contributed by atoms with van der Waals surface area (Å²) >= 11 is 0. The van der Waals surface area contributed by atoms with Gasteiger partial charge in [0.25, 0.3) is 0 Å². The lowest BCUT2D eigenvalue weighted by Gasteiger charge is -2.47. The van der Waals surface area contributed by atoms with Crippen LogP contribution in [0.3, 0.4) is 0 Å². The molecule has 0 aromatic heterocycles. The van der Waals surface area contributed by atoms with E-state index in [1.54, 1.807) is 0 Å². The van der Waals surface area contributed by atoms with Crippen molar-refractivity contribution in [3.63, 3.8) is 0 Å². The Morgan fingerprint density at radius 3 is 2.50 bits per heavy atom. The number of nitrogens with zero attached hydrogens (tertiary/aromatic N) is 1. The van der Waals surface area contributed by atoms with Crippen molar-refractivity contribution >= 4 is 5.91 Å². The number of carbonyl (C=O) groups excluding carboxylic acids is 1. The van der Waals surface area contributed by atoms with Crippen molar-refractivity contribution in [2.75, 3.05) is 33.7 Å². The summed E-state index contributed by atoms with van der Waals surface area (Å²) in [5.41, 5.74) is 0.223. The monoisotopic (exact) mass is 227 g/mol. The van der Waals surface area contributed by atoms with Gasteiger partial charge in [-0.1, -0.05) is 6.92 Å². The summed E-state index contributed by atoms with van der Waals surface area (Å²) < 4.78 is 0. The third-order valence-electron chi connectivity index (χ3n) is 3.56. The van der Waals surface area contributed by atoms with E-state index in [1.807, 2.05) is 0 Å². The van der Waals surface area contributed by atoms with Gasteiger partial charge in [-0.2, -0.15) is 0 Å². The predicted molar refractivity (Wildman–Crippen MR) is 66.4 cm³/mol. The molecule has 4 heteroatoms. The fraction of sp³-hybridized carbons (Fsp3) is 0.917. The maximum Gasteiger partial charge on any atom is 0.234 e. The molecule has 0 bridgehead atoms. The molecule has 94 valence electrons. The van der Waals surface area contributed by atoms with Crippen molar-refractivity contribution in [1.82, 2.24) is 15.5 Å². The molecule has 1 rings (SSSR count). The maximum absolute atomic E-state index is 11.5. The summed E-state index contributed by atoms with van der Waals surface area (Å²) in [5.74, 6) is 0.113. The minimum Gasteiger partial charge on any atom is -0.353 e. The zero-order valence-corrected chi connectivity index (χ0v) is 10.8. The molecule has 0 aliphatic heterocycles. The summed E-state index contributed by atoms with van der Waals surface area (Å²) in [5, 5.41) is 6.13. The van der Waals surface area contributed by atoms with Crippen LogP contribution in [0.5, 0.6) is 0 Å². The Morgan fingerprint density at radius 2 is 2.06 bits per heavy atom. The average molecular weight is 227 g/mol. The van der Waals surface area contributed by atoms with E-state index in [2.05, 4.69) is 36.6 Å². The highest BCUT2D eigenvalue weighted by molar-refractivity contribution is 5.78. The van der Waals surface area contributed by atoms with Crippen LogP contribution in [-0.4, -0.2) is 50.1 Å². The molecule has 0 spiro atoms. The predicted octanol–water partition coefficient (Wildman–Crippen LogP) is 0.587. The lowest BCUT2D eigenvalue weighted by atomic mass is 9.75. The Bertz CT molecular complexity index is 224. The molecule has 1 fully saturated rings. The molecule has 16 heavy (non-hydrogen) atoms. The number of likely N-dealkylation sites (N-methyl/N-ethyl adjacent to an activating group) is 1. The second kappa shape index (κ2) is 6.21. The fourth-order valence-electron chi connectivity index (χ4n) is 2.07. The van der Waals surface area contributed by atoms with E-state index in [4.69, 9.17) is 0 Å². The van der Waals surface area contributed by atoms with Crippen molar-refractivity contribution in [3.8, 4) is 0 Å². The normalized spacial score (nSPS) is 18.2. The second-order valence-corrected chi connectivity index (χ2v) is 4.93. The van der Waals surface area contributed by atoms with E-state index < -0.39 is 0 Å². The van der Waals surface area contributed by atoms with Crippen LogP contribution in [0.15, 0.2) is 0 Å². The molecule has 1 saturated carbocycles. The van der Waals surface area contributed by atoms with Crippen molar-refractivity contribution in [1.29, 1.82) is 0 Å². The largest absolute Gasteiger partial charge is 0.353 e. The summed E-state index contributed by atoms with van der Waals surface area (Å²) in [4.78, 5) is 13.8. The van der Waals surface area contributed by atoms with Gasteiger partial charge in [0.05, 0.1) is 6.54 Å². The molecule has 1 aliphatic rings. The summed E-state index contributed by atoms with van der Waals surface area (Å²) in [6.45, 7) is 4.23. The smallest absolute Gasteiger partial charge is 0.234 e. The Labute approximate surface area is 98.8 Å². The van der Waals surface area contributed by atoms with Gasteiger partial charge in [0, 0.05) is 12.1 Å². The van der Waals surface area contributed by atoms with Crippen LogP contribution >= 0.6 is 0 Å². The van der Waals surface area contributed by atoms with Crippen LogP contribution in [0.4, 0.5) is 0 Å². The summed E-state index contributed by atoms with van der Waals surface area (Å²) in [6, 6.07) is 0. The standard InChI is InChI=1S/C12H25N3O/c1-4-8-13-9-11(16)14-10-12(15(2)3)6-5-7-12/h13H,4-10H2,1-3H3,(H,14,16). The molecule has 0 saturated heterocycles. The van der Waals surface area contributed by atoms with E-state index in [0.29, 0.717) is 6.54 Å². The van der Waals surface area contributed by atoms with Gasteiger partial charge < -0.3 is 15.5 Å². The number of hydrogen-bond acceptors (Lipinski definition) is 3. The number of amides is 1. The molecule has 4 nitrogen and oxygen atoms in total. The minimum absolute atomic E-state index is 0.113. The van der Waals surface area contributed by atoms with Gasteiger partial charge in [-0.05, 0) is 46.3 Å². The quantitative estimate of drug-likeness (QED) is 0.626. The van der Waals surface area contributed by atoms with Crippen LogP contribution in [0.2, 0.25) is 0 Å². The van der Waals surface area contributed by atoms with Crippen LogP contribution in [0.25, 0.3) is 0 Å². The number of carbonyl (C=O) groups is 1. The molecule has 0 radical (unpaired) electrons. The van der Waals surface area contributed by atoms with Crippen LogP contribution < -0.4 is 10.6 Å². The first-order chi connectivity index (χ1) is 7.60.